The molecule has 1 amide bonds. The number of carbonyl (C=O) groups excluding carboxylic acids is 1. The Morgan fingerprint density at radius 2 is 1.95 bits per heavy atom. The molecule has 1 atom stereocenters. The minimum Gasteiger partial charge on any atom is -0.369 e. The minimum absolute atomic E-state index is 0.0806. The van der Waals surface area contributed by atoms with Gasteiger partial charge in [0.15, 0.2) is 0 Å². The maximum Gasteiger partial charge on any atom is 0.231 e. The molecule has 1 aromatic carbocycles. The predicted octanol–water partition coefficient (Wildman–Crippen LogP) is 1.57. The van der Waals surface area contributed by atoms with Gasteiger partial charge in [-0.05, 0) is 31.9 Å². The summed E-state index contributed by atoms with van der Waals surface area (Å²) >= 11 is 0. The fourth-order valence-corrected chi connectivity index (χ4v) is 2.84. The Morgan fingerprint density at radius 3 is 2.48 bits per heavy atom. The van der Waals surface area contributed by atoms with Gasteiger partial charge in [0.1, 0.15) is 11.6 Å². The van der Waals surface area contributed by atoms with Gasteiger partial charge in [-0.3, -0.25) is 9.69 Å². The van der Waals surface area contributed by atoms with E-state index in [9.17, 15) is 13.6 Å². The monoisotopic (exact) mass is 297 g/mol. The van der Waals surface area contributed by atoms with Crippen molar-refractivity contribution in [2.45, 2.75) is 31.8 Å². The van der Waals surface area contributed by atoms with E-state index in [-0.39, 0.29) is 30.1 Å². The van der Waals surface area contributed by atoms with E-state index in [0.29, 0.717) is 0 Å². The summed E-state index contributed by atoms with van der Waals surface area (Å²) in [6.07, 6.45) is 1.65. The summed E-state index contributed by atoms with van der Waals surface area (Å²) in [5, 5.41) is 3.27. The lowest BCUT2D eigenvalue weighted by atomic mass is 10.0. The van der Waals surface area contributed by atoms with Gasteiger partial charge in [0.25, 0.3) is 0 Å². The van der Waals surface area contributed by atoms with Crippen molar-refractivity contribution in [1.29, 1.82) is 0 Å². The van der Waals surface area contributed by atoms with Crippen LogP contribution in [0.3, 0.4) is 0 Å². The summed E-state index contributed by atoms with van der Waals surface area (Å²) in [7, 11) is 0. The van der Waals surface area contributed by atoms with Gasteiger partial charge in [0.05, 0.1) is 6.54 Å². The minimum atomic E-state index is -0.527. The number of halogens is 2. The molecule has 4 nitrogen and oxygen atoms in total. The Bertz CT molecular complexity index is 481. The lowest BCUT2D eigenvalue weighted by molar-refractivity contribution is -0.119. The van der Waals surface area contributed by atoms with Crippen LogP contribution in [-0.4, -0.2) is 36.5 Å². The first-order chi connectivity index (χ1) is 9.97. The second-order valence-corrected chi connectivity index (χ2v) is 5.54. The van der Waals surface area contributed by atoms with Crippen LogP contribution < -0.4 is 11.1 Å². The van der Waals surface area contributed by atoms with Crippen molar-refractivity contribution in [2.24, 2.45) is 5.73 Å². The van der Waals surface area contributed by atoms with Gasteiger partial charge >= 0.3 is 0 Å². The predicted molar refractivity (Wildman–Crippen MR) is 76.6 cm³/mol. The van der Waals surface area contributed by atoms with Gasteiger partial charge in [0.2, 0.25) is 5.91 Å². The smallest absolute Gasteiger partial charge is 0.231 e. The van der Waals surface area contributed by atoms with Crippen LogP contribution in [0.4, 0.5) is 8.78 Å². The van der Waals surface area contributed by atoms with E-state index in [4.69, 9.17) is 5.73 Å². The zero-order valence-electron chi connectivity index (χ0n) is 12.1. The normalized spacial score (nSPS) is 18.6. The average molecular weight is 297 g/mol. The summed E-state index contributed by atoms with van der Waals surface area (Å²) < 4.78 is 27.4. The van der Waals surface area contributed by atoms with Gasteiger partial charge in [-0.1, -0.05) is 6.07 Å². The Balaban J connectivity index is 1.90. The van der Waals surface area contributed by atoms with Gasteiger partial charge in [0, 0.05) is 30.7 Å². The van der Waals surface area contributed by atoms with E-state index in [1.165, 1.54) is 18.2 Å². The van der Waals surface area contributed by atoms with Crippen LogP contribution in [0.15, 0.2) is 18.2 Å². The molecule has 1 aliphatic rings. The highest BCUT2D eigenvalue weighted by atomic mass is 19.1. The number of nitrogens with two attached hydrogens (primary N) is 1. The molecule has 1 aromatic rings. The number of piperidine rings is 1. The number of hydrogen-bond donors (Lipinski definition) is 2. The van der Waals surface area contributed by atoms with E-state index < -0.39 is 11.6 Å². The molecule has 1 aliphatic heterocycles. The average Bonchev–Trinajstić information content (AvgIpc) is 2.40. The van der Waals surface area contributed by atoms with Crippen LogP contribution in [0.5, 0.6) is 0 Å². The number of primary amides is 1. The molecule has 0 bridgehead atoms. The lowest BCUT2D eigenvalue weighted by Gasteiger charge is -2.33. The van der Waals surface area contributed by atoms with Crippen molar-refractivity contribution in [1.82, 2.24) is 10.2 Å². The van der Waals surface area contributed by atoms with Crippen molar-refractivity contribution in [2.75, 3.05) is 19.6 Å². The number of rotatable bonds is 5. The molecule has 1 unspecified atom stereocenters. The summed E-state index contributed by atoms with van der Waals surface area (Å²) in [4.78, 5) is 12.9. The highest BCUT2D eigenvalue weighted by Crippen LogP contribution is 2.22. The molecule has 0 saturated carbocycles. The number of amides is 1. The number of hydrogen-bond acceptors (Lipinski definition) is 3. The summed E-state index contributed by atoms with van der Waals surface area (Å²) in [6.45, 7) is 3.54. The van der Waals surface area contributed by atoms with Gasteiger partial charge in [-0.15, -0.1) is 0 Å². The first-order valence-electron chi connectivity index (χ1n) is 7.18. The lowest BCUT2D eigenvalue weighted by Crippen LogP contribution is -2.45. The second kappa shape index (κ2) is 6.95. The van der Waals surface area contributed by atoms with Gasteiger partial charge in [-0.2, -0.15) is 0 Å². The number of nitrogens with one attached hydrogen (secondary N) is 1. The van der Waals surface area contributed by atoms with E-state index in [0.717, 1.165) is 25.9 Å². The van der Waals surface area contributed by atoms with Crippen molar-refractivity contribution in [3.05, 3.63) is 35.4 Å². The first-order valence-corrected chi connectivity index (χ1v) is 7.18. The van der Waals surface area contributed by atoms with Crippen molar-refractivity contribution < 1.29 is 13.6 Å². The van der Waals surface area contributed by atoms with Crippen molar-refractivity contribution in [3.63, 3.8) is 0 Å². The van der Waals surface area contributed by atoms with Crippen molar-refractivity contribution >= 4 is 5.91 Å². The number of likely N-dealkylation sites (tertiary alicyclic amines) is 1. The molecular weight excluding hydrogens is 276 g/mol. The zero-order valence-corrected chi connectivity index (χ0v) is 12.1. The fourth-order valence-electron chi connectivity index (χ4n) is 2.84. The third-order valence-corrected chi connectivity index (χ3v) is 3.89. The fraction of sp³-hybridized carbons (Fsp3) is 0.533. The molecule has 0 aromatic heterocycles. The van der Waals surface area contributed by atoms with Crippen LogP contribution >= 0.6 is 0 Å². The maximum atomic E-state index is 13.7. The molecule has 1 saturated heterocycles. The Kier molecular flexibility index (Phi) is 5.25. The highest BCUT2D eigenvalue weighted by molar-refractivity contribution is 5.75. The molecule has 0 radical (unpaired) electrons. The van der Waals surface area contributed by atoms with E-state index in [1.807, 2.05) is 4.90 Å². The molecule has 1 fully saturated rings. The number of nitrogens with zero attached hydrogens (tertiary/aromatic N) is 1. The summed E-state index contributed by atoms with van der Waals surface area (Å²) in [6, 6.07) is 3.70. The van der Waals surface area contributed by atoms with E-state index in [1.54, 1.807) is 6.92 Å². The topological polar surface area (TPSA) is 58.4 Å². The van der Waals surface area contributed by atoms with Crippen LogP contribution in [0.25, 0.3) is 0 Å². The van der Waals surface area contributed by atoms with Crippen molar-refractivity contribution in [3.8, 4) is 0 Å². The summed E-state index contributed by atoms with van der Waals surface area (Å²) in [5.41, 5.74) is 5.25. The molecule has 6 heteroatoms. The third-order valence-electron chi connectivity index (χ3n) is 3.89. The second-order valence-electron chi connectivity index (χ2n) is 5.54. The van der Waals surface area contributed by atoms with E-state index in [2.05, 4.69) is 5.32 Å². The number of benzene rings is 1. The third kappa shape index (κ3) is 4.22. The van der Waals surface area contributed by atoms with Crippen LogP contribution in [0.1, 0.15) is 31.4 Å². The Morgan fingerprint density at radius 1 is 1.38 bits per heavy atom. The SMILES string of the molecule is CC(NC1CCN(CC(N)=O)CC1)c1c(F)cccc1F. The van der Waals surface area contributed by atoms with E-state index >= 15 is 0 Å². The summed E-state index contributed by atoms with van der Waals surface area (Å²) in [5.74, 6) is -1.38. The van der Waals surface area contributed by atoms with Gasteiger partial charge < -0.3 is 11.1 Å². The van der Waals surface area contributed by atoms with Crippen LogP contribution in [0.2, 0.25) is 0 Å². The molecule has 0 spiro atoms. The molecule has 3 N–H and O–H groups in total. The molecule has 116 valence electrons. The zero-order chi connectivity index (χ0) is 15.4. The van der Waals surface area contributed by atoms with Crippen LogP contribution in [-0.2, 0) is 4.79 Å². The first kappa shape index (κ1) is 15.9. The maximum absolute atomic E-state index is 13.7. The molecule has 0 aliphatic carbocycles. The quantitative estimate of drug-likeness (QED) is 0.867. The Labute approximate surface area is 123 Å². The Hall–Kier alpha value is -1.53. The molecule has 21 heavy (non-hydrogen) atoms. The largest absolute Gasteiger partial charge is 0.369 e. The standard InChI is InChI=1S/C15H21F2N3O/c1-10(15-12(16)3-2-4-13(15)17)19-11-5-7-20(8-6-11)9-14(18)21/h2-4,10-11,19H,5-9H2,1H3,(H2,18,21). The number of carbonyl (C=O) groups is 1. The molecular formula is C15H21F2N3O. The highest BCUT2D eigenvalue weighted by Gasteiger charge is 2.23. The molecule has 2 rings (SSSR count). The van der Waals surface area contributed by atoms with Crippen LogP contribution in [0, 0.1) is 11.6 Å². The van der Waals surface area contributed by atoms with Gasteiger partial charge in [-0.25, -0.2) is 8.78 Å². The molecule has 1 heterocycles.